The number of hydrogen-bond acceptors (Lipinski definition) is 3. The second kappa shape index (κ2) is 5.39. The largest absolute Gasteiger partial charge is 0.409 e. The molecule has 0 aliphatic rings. The third-order valence-electron chi connectivity index (χ3n) is 2.43. The molecule has 0 aliphatic heterocycles. The first-order valence-corrected chi connectivity index (χ1v) is 5.33. The predicted octanol–water partition coefficient (Wildman–Crippen LogP) is 2.24. The molecule has 0 spiro atoms. The normalized spacial score (nSPS) is 13.6. The van der Waals surface area contributed by atoms with E-state index in [0.29, 0.717) is 6.42 Å². The Kier molecular flexibility index (Phi) is 4.17. The summed E-state index contributed by atoms with van der Waals surface area (Å²) >= 11 is 0. The molecule has 0 radical (unpaired) electrons. The topological polar surface area (TPSA) is 70.6 Å². The number of nitrogens with zero attached hydrogens (tertiary/aromatic N) is 1. The molecule has 1 atom stereocenters. The number of nitrogens with two attached hydrogens (primary N) is 1. The van der Waals surface area contributed by atoms with Gasteiger partial charge >= 0.3 is 0 Å². The molecule has 0 bridgehead atoms. The van der Waals surface area contributed by atoms with Crippen LogP contribution < -0.4 is 11.1 Å². The van der Waals surface area contributed by atoms with Crippen LogP contribution in [0.25, 0.3) is 0 Å². The molecule has 0 amide bonds. The molecule has 0 aliphatic carbocycles. The van der Waals surface area contributed by atoms with E-state index in [9.17, 15) is 0 Å². The number of nitrogens with one attached hydrogen (secondary N) is 1. The van der Waals surface area contributed by atoms with Gasteiger partial charge in [0.15, 0.2) is 0 Å². The fraction of sp³-hybridized carbons (Fsp3) is 0.417. The van der Waals surface area contributed by atoms with Crippen LogP contribution in [0, 0.1) is 13.8 Å². The standard InChI is InChI=1S/C12H19N3O/c1-8-4-5-11(9(2)6-8)14-10(3)7-12(13)15-16/h4-6,10,14,16H,7H2,1-3H3,(H2,13,15). The highest BCUT2D eigenvalue weighted by molar-refractivity contribution is 5.80. The molecule has 16 heavy (non-hydrogen) atoms. The van der Waals surface area contributed by atoms with E-state index in [2.05, 4.69) is 36.5 Å². The lowest BCUT2D eigenvalue weighted by Gasteiger charge is -2.16. The Morgan fingerprint density at radius 2 is 2.19 bits per heavy atom. The zero-order chi connectivity index (χ0) is 12.1. The SMILES string of the molecule is Cc1ccc(NC(C)CC(N)=NO)c(C)c1. The van der Waals surface area contributed by atoms with Crippen molar-refractivity contribution in [2.24, 2.45) is 10.9 Å². The van der Waals surface area contributed by atoms with Gasteiger partial charge < -0.3 is 16.3 Å². The fourth-order valence-electron chi connectivity index (χ4n) is 1.65. The zero-order valence-electron chi connectivity index (χ0n) is 9.99. The van der Waals surface area contributed by atoms with Crippen LogP contribution in [0.4, 0.5) is 5.69 Å². The summed E-state index contributed by atoms with van der Waals surface area (Å²) in [5.41, 5.74) is 8.98. The average Bonchev–Trinajstić information content (AvgIpc) is 2.22. The average molecular weight is 221 g/mol. The second-order valence-electron chi connectivity index (χ2n) is 4.16. The Hall–Kier alpha value is -1.71. The third kappa shape index (κ3) is 3.46. The van der Waals surface area contributed by atoms with Gasteiger partial charge in [0.2, 0.25) is 0 Å². The van der Waals surface area contributed by atoms with Crippen molar-refractivity contribution >= 4 is 11.5 Å². The van der Waals surface area contributed by atoms with Crippen LogP contribution in [0.15, 0.2) is 23.4 Å². The smallest absolute Gasteiger partial charge is 0.141 e. The lowest BCUT2D eigenvalue weighted by Crippen LogP contribution is -2.24. The fourth-order valence-corrected chi connectivity index (χ4v) is 1.65. The summed E-state index contributed by atoms with van der Waals surface area (Å²) in [7, 11) is 0. The highest BCUT2D eigenvalue weighted by Gasteiger charge is 2.06. The highest BCUT2D eigenvalue weighted by atomic mass is 16.4. The van der Waals surface area contributed by atoms with E-state index in [0.717, 1.165) is 5.69 Å². The molecule has 0 fully saturated rings. The molecular weight excluding hydrogens is 202 g/mol. The lowest BCUT2D eigenvalue weighted by atomic mass is 10.1. The van der Waals surface area contributed by atoms with Gasteiger partial charge in [-0.3, -0.25) is 0 Å². The molecule has 4 N–H and O–H groups in total. The van der Waals surface area contributed by atoms with E-state index >= 15 is 0 Å². The van der Waals surface area contributed by atoms with Crippen LogP contribution in [0.5, 0.6) is 0 Å². The summed E-state index contributed by atoms with van der Waals surface area (Å²) in [5, 5.41) is 14.8. The number of anilines is 1. The number of hydrogen-bond donors (Lipinski definition) is 3. The maximum Gasteiger partial charge on any atom is 0.141 e. The van der Waals surface area contributed by atoms with Gasteiger partial charge in [-0.25, -0.2) is 0 Å². The molecular formula is C12H19N3O. The summed E-state index contributed by atoms with van der Waals surface area (Å²) in [5.74, 6) is 0.241. The molecule has 4 heteroatoms. The van der Waals surface area contributed by atoms with Crippen molar-refractivity contribution in [1.82, 2.24) is 0 Å². The van der Waals surface area contributed by atoms with E-state index in [1.54, 1.807) is 0 Å². The summed E-state index contributed by atoms with van der Waals surface area (Å²) < 4.78 is 0. The molecule has 1 aromatic rings. The quantitative estimate of drug-likeness (QED) is 0.316. The predicted molar refractivity (Wildman–Crippen MR) is 67.0 cm³/mol. The minimum Gasteiger partial charge on any atom is -0.409 e. The van der Waals surface area contributed by atoms with E-state index in [1.165, 1.54) is 11.1 Å². The van der Waals surface area contributed by atoms with Gasteiger partial charge in [-0.2, -0.15) is 0 Å². The van der Waals surface area contributed by atoms with Gasteiger partial charge in [0, 0.05) is 18.2 Å². The molecule has 4 nitrogen and oxygen atoms in total. The first-order valence-electron chi connectivity index (χ1n) is 5.33. The van der Waals surface area contributed by atoms with E-state index in [1.807, 2.05) is 13.0 Å². The number of benzene rings is 1. The molecule has 1 rings (SSSR count). The zero-order valence-corrected chi connectivity index (χ0v) is 9.99. The van der Waals surface area contributed by atoms with Crippen molar-refractivity contribution in [2.45, 2.75) is 33.2 Å². The first-order chi connectivity index (χ1) is 7.52. The first kappa shape index (κ1) is 12.4. The minimum atomic E-state index is 0.136. The van der Waals surface area contributed by atoms with Crippen LogP contribution in [-0.2, 0) is 0 Å². The van der Waals surface area contributed by atoms with Gasteiger partial charge in [0.05, 0.1) is 0 Å². The summed E-state index contributed by atoms with van der Waals surface area (Å²) in [4.78, 5) is 0. The van der Waals surface area contributed by atoms with Crippen LogP contribution in [0.1, 0.15) is 24.5 Å². The van der Waals surface area contributed by atoms with Gasteiger partial charge in [-0.05, 0) is 32.4 Å². The van der Waals surface area contributed by atoms with Crippen molar-refractivity contribution in [1.29, 1.82) is 0 Å². The van der Waals surface area contributed by atoms with Crippen molar-refractivity contribution < 1.29 is 5.21 Å². The van der Waals surface area contributed by atoms with E-state index < -0.39 is 0 Å². The van der Waals surface area contributed by atoms with Crippen molar-refractivity contribution in [3.8, 4) is 0 Å². The van der Waals surface area contributed by atoms with E-state index in [4.69, 9.17) is 10.9 Å². The molecule has 1 unspecified atom stereocenters. The van der Waals surface area contributed by atoms with Gasteiger partial charge in [0.25, 0.3) is 0 Å². The lowest BCUT2D eigenvalue weighted by molar-refractivity contribution is 0.316. The van der Waals surface area contributed by atoms with Gasteiger partial charge in [-0.1, -0.05) is 22.9 Å². The molecule has 0 saturated carbocycles. The minimum absolute atomic E-state index is 0.136. The van der Waals surface area contributed by atoms with Gasteiger partial charge in [-0.15, -0.1) is 0 Å². The number of rotatable bonds is 4. The number of amidine groups is 1. The Bertz CT molecular complexity index is 388. The molecule has 0 aromatic heterocycles. The maximum absolute atomic E-state index is 8.48. The second-order valence-corrected chi connectivity index (χ2v) is 4.16. The molecule has 0 heterocycles. The number of aryl methyl sites for hydroxylation is 2. The Balaban J connectivity index is 2.66. The van der Waals surface area contributed by atoms with Crippen LogP contribution in [0.2, 0.25) is 0 Å². The monoisotopic (exact) mass is 221 g/mol. The van der Waals surface area contributed by atoms with Crippen LogP contribution in [-0.4, -0.2) is 17.1 Å². The molecule has 88 valence electrons. The van der Waals surface area contributed by atoms with Crippen LogP contribution in [0.3, 0.4) is 0 Å². The molecule has 1 aromatic carbocycles. The molecule has 0 saturated heterocycles. The number of oxime groups is 1. The van der Waals surface area contributed by atoms with Crippen LogP contribution >= 0.6 is 0 Å². The van der Waals surface area contributed by atoms with Crippen molar-refractivity contribution in [2.75, 3.05) is 5.32 Å². The Morgan fingerprint density at radius 3 is 2.75 bits per heavy atom. The van der Waals surface area contributed by atoms with Gasteiger partial charge in [0.1, 0.15) is 5.84 Å². The van der Waals surface area contributed by atoms with Crippen molar-refractivity contribution in [3.63, 3.8) is 0 Å². The Labute approximate surface area is 96.2 Å². The maximum atomic E-state index is 8.48. The summed E-state index contributed by atoms with van der Waals surface area (Å²) in [6.07, 6.45) is 0.518. The third-order valence-corrected chi connectivity index (χ3v) is 2.43. The summed E-state index contributed by atoms with van der Waals surface area (Å²) in [6, 6.07) is 6.37. The summed E-state index contributed by atoms with van der Waals surface area (Å²) in [6.45, 7) is 6.12. The Morgan fingerprint density at radius 1 is 1.50 bits per heavy atom. The highest BCUT2D eigenvalue weighted by Crippen LogP contribution is 2.17. The van der Waals surface area contributed by atoms with Crippen molar-refractivity contribution in [3.05, 3.63) is 29.3 Å². The van der Waals surface area contributed by atoms with E-state index in [-0.39, 0.29) is 11.9 Å².